The van der Waals surface area contributed by atoms with E-state index in [2.05, 4.69) is 85.5 Å². The van der Waals surface area contributed by atoms with Crippen molar-refractivity contribution in [2.45, 2.75) is 53.4 Å². The second-order valence-corrected chi connectivity index (χ2v) is 8.55. The van der Waals surface area contributed by atoms with Gasteiger partial charge < -0.3 is 14.4 Å². The molecule has 0 saturated heterocycles. The van der Waals surface area contributed by atoms with Gasteiger partial charge in [-0.25, -0.2) is 0 Å². The van der Waals surface area contributed by atoms with E-state index in [-0.39, 0.29) is 11.9 Å². The van der Waals surface area contributed by atoms with Crippen LogP contribution in [0.5, 0.6) is 0 Å². The molecule has 0 spiro atoms. The molecule has 0 aliphatic carbocycles. The first-order valence-electron chi connectivity index (χ1n) is 12.3. The Balaban J connectivity index is 1.84. The summed E-state index contributed by atoms with van der Waals surface area (Å²) in [4.78, 5) is 25.6. The van der Waals surface area contributed by atoms with Gasteiger partial charge in [-0.3, -0.25) is 9.59 Å². The van der Waals surface area contributed by atoms with Crippen LogP contribution in [0.4, 0.5) is 17.1 Å². The summed E-state index contributed by atoms with van der Waals surface area (Å²) in [7, 11) is 0. The molecule has 0 saturated carbocycles. The number of nitrogens with zero attached hydrogens (tertiary/aromatic N) is 1. The molecule has 184 valence electrons. The predicted octanol–water partition coefficient (Wildman–Crippen LogP) is 6.76. The van der Waals surface area contributed by atoms with Crippen molar-refractivity contribution in [3.05, 3.63) is 89.0 Å². The Morgan fingerprint density at radius 3 is 1.46 bits per heavy atom. The van der Waals surface area contributed by atoms with Gasteiger partial charge in [0.15, 0.2) is 0 Å². The number of anilines is 3. The fraction of sp³-hybridized carbons (Fsp3) is 0.333. The lowest BCUT2D eigenvalue weighted by Crippen LogP contribution is -2.11. The van der Waals surface area contributed by atoms with Gasteiger partial charge in [-0.1, -0.05) is 30.3 Å². The van der Waals surface area contributed by atoms with Crippen LogP contribution in [0.3, 0.4) is 0 Å². The van der Waals surface area contributed by atoms with E-state index in [1.165, 1.54) is 11.1 Å². The molecule has 35 heavy (non-hydrogen) atoms. The smallest absolute Gasteiger partial charge is 0.306 e. The summed E-state index contributed by atoms with van der Waals surface area (Å²) in [6.45, 7) is 8.69. The molecule has 5 heteroatoms. The van der Waals surface area contributed by atoms with Gasteiger partial charge in [0.2, 0.25) is 0 Å². The minimum atomic E-state index is -0.170. The highest BCUT2D eigenvalue weighted by Crippen LogP contribution is 2.35. The fourth-order valence-electron chi connectivity index (χ4n) is 3.89. The standard InChI is InChI=1S/C30H35NO4/c1-5-34-29(32)19-12-24-8-15-26(16-9-24)31(28-14-7-22(3)23(4)21-28)27-17-10-25(11-18-27)13-20-30(33)35-6-2/h7-11,14-18,21H,5-6,12-13,19-20H2,1-4H3. The summed E-state index contributed by atoms with van der Waals surface area (Å²) in [6, 6.07) is 23.1. The monoisotopic (exact) mass is 473 g/mol. The average molecular weight is 474 g/mol. The molecule has 0 N–H and O–H groups in total. The lowest BCUT2D eigenvalue weighted by molar-refractivity contribution is -0.144. The van der Waals surface area contributed by atoms with Crippen LogP contribution in [0.1, 0.15) is 48.9 Å². The molecule has 0 atom stereocenters. The van der Waals surface area contributed by atoms with Crippen LogP contribution in [0.15, 0.2) is 66.7 Å². The maximum Gasteiger partial charge on any atom is 0.306 e. The van der Waals surface area contributed by atoms with E-state index >= 15 is 0 Å². The third-order valence-electron chi connectivity index (χ3n) is 5.98. The molecule has 3 rings (SSSR count). The van der Waals surface area contributed by atoms with Crippen LogP contribution in [-0.4, -0.2) is 25.2 Å². The normalized spacial score (nSPS) is 10.6. The zero-order valence-corrected chi connectivity index (χ0v) is 21.2. The molecule has 0 heterocycles. The number of carbonyl (C=O) groups excluding carboxylic acids is 2. The summed E-state index contributed by atoms with van der Waals surface area (Å²) in [5, 5.41) is 0. The summed E-state index contributed by atoms with van der Waals surface area (Å²) in [5.74, 6) is -0.340. The molecule has 0 unspecified atom stereocenters. The van der Waals surface area contributed by atoms with Crippen molar-refractivity contribution < 1.29 is 19.1 Å². The average Bonchev–Trinajstić information content (AvgIpc) is 2.86. The van der Waals surface area contributed by atoms with Crippen LogP contribution in [0, 0.1) is 13.8 Å². The van der Waals surface area contributed by atoms with Gasteiger partial charge in [0.25, 0.3) is 0 Å². The summed E-state index contributed by atoms with van der Waals surface area (Å²) < 4.78 is 10.1. The van der Waals surface area contributed by atoms with E-state index < -0.39 is 0 Å². The summed E-state index contributed by atoms with van der Waals surface area (Å²) >= 11 is 0. The van der Waals surface area contributed by atoms with Gasteiger partial charge in [-0.2, -0.15) is 0 Å². The van der Waals surface area contributed by atoms with Gasteiger partial charge in [-0.15, -0.1) is 0 Å². The molecule has 0 aromatic heterocycles. The van der Waals surface area contributed by atoms with Gasteiger partial charge >= 0.3 is 11.9 Å². The number of benzene rings is 3. The van der Waals surface area contributed by atoms with Gasteiger partial charge in [0.1, 0.15) is 0 Å². The molecular formula is C30H35NO4. The molecule has 0 aliphatic heterocycles. The second kappa shape index (κ2) is 12.7. The molecule has 0 radical (unpaired) electrons. The van der Waals surface area contributed by atoms with Gasteiger partial charge in [-0.05, 0) is 99.2 Å². The number of hydrogen-bond acceptors (Lipinski definition) is 5. The van der Waals surface area contributed by atoms with E-state index in [1.54, 1.807) is 0 Å². The van der Waals surface area contributed by atoms with Crippen molar-refractivity contribution in [2.24, 2.45) is 0 Å². The van der Waals surface area contributed by atoms with Crippen molar-refractivity contribution in [1.29, 1.82) is 0 Å². The molecule has 0 bridgehead atoms. The SMILES string of the molecule is CCOC(=O)CCc1ccc(N(c2ccc(CCC(=O)OCC)cc2)c2ccc(C)c(C)c2)cc1. The highest BCUT2D eigenvalue weighted by atomic mass is 16.5. The maximum absolute atomic E-state index is 11.7. The zero-order chi connectivity index (χ0) is 25.2. The van der Waals surface area contributed by atoms with E-state index in [4.69, 9.17) is 9.47 Å². The van der Waals surface area contributed by atoms with Crippen molar-refractivity contribution in [3.63, 3.8) is 0 Å². The highest BCUT2D eigenvalue weighted by Gasteiger charge is 2.14. The molecule has 0 amide bonds. The Labute approximate surface area is 208 Å². The zero-order valence-electron chi connectivity index (χ0n) is 21.2. The molecule has 5 nitrogen and oxygen atoms in total. The number of esters is 2. The third-order valence-corrected chi connectivity index (χ3v) is 5.98. The first kappa shape index (κ1) is 26.0. The fourth-order valence-corrected chi connectivity index (χ4v) is 3.89. The number of rotatable bonds is 11. The van der Waals surface area contributed by atoms with Crippen LogP contribution >= 0.6 is 0 Å². The lowest BCUT2D eigenvalue weighted by atomic mass is 10.1. The second-order valence-electron chi connectivity index (χ2n) is 8.55. The molecule has 0 aliphatic rings. The van der Waals surface area contributed by atoms with Gasteiger partial charge in [0.05, 0.1) is 13.2 Å². The van der Waals surface area contributed by atoms with E-state index in [9.17, 15) is 9.59 Å². The Bertz CT molecular complexity index is 1050. The quantitative estimate of drug-likeness (QED) is 0.288. The minimum Gasteiger partial charge on any atom is -0.466 e. The van der Waals surface area contributed by atoms with Crippen LogP contribution in [0.25, 0.3) is 0 Å². The van der Waals surface area contributed by atoms with E-state index in [1.807, 2.05) is 13.8 Å². The molecule has 3 aromatic carbocycles. The Morgan fingerprint density at radius 2 is 1.06 bits per heavy atom. The first-order chi connectivity index (χ1) is 16.9. The first-order valence-corrected chi connectivity index (χ1v) is 12.3. The lowest BCUT2D eigenvalue weighted by Gasteiger charge is -2.26. The Morgan fingerprint density at radius 1 is 0.629 bits per heavy atom. The molecule has 3 aromatic rings. The Hall–Kier alpha value is -3.60. The maximum atomic E-state index is 11.7. The van der Waals surface area contributed by atoms with Crippen LogP contribution < -0.4 is 4.90 Å². The van der Waals surface area contributed by atoms with E-state index in [0.29, 0.717) is 38.9 Å². The number of hydrogen-bond donors (Lipinski definition) is 0. The van der Waals surface area contributed by atoms with Crippen molar-refractivity contribution >= 4 is 29.0 Å². The van der Waals surface area contributed by atoms with Crippen molar-refractivity contribution in [1.82, 2.24) is 0 Å². The third kappa shape index (κ3) is 7.44. The van der Waals surface area contributed by atoms with Crippen LogP contribution in [0.2, 0.25) is 0 Å². The molecular weight excluding hydrogens is 438 g/mol. The summed E-state index contributed by atoms with van der Waals surface area (Å²) in [6.07, 6.45) is 2.05. The van der Waals surface area contributed by atoms with Crippen molar-refractivity contribution in [2.75, 3.05) is 18.1 Å². The van der Waals surface area contributed by atoms with E-state index in [0.717, 1.165) is 28.2 Å². The predicted molar refractivity (Wildman–Crippen MR) is 141 cm³/mol. The minimum absolute atomic E-state index is 0.170. The number of ether oxygens (including phenoxy) is 2. The summed E-state index contributed by atoms with van der Waals surface area (Å²) in [5.41, 5.74) is 7.81. The topological polar surface area (TPSA) is 55.8 Å². The van der Waals surface area contributed by atoms with Crippen molar-refractivity contribution in [3.8, 4) is 0 Å². The Kier molecular flexibility index (Phi) is 9.47. The van der Waals surface area contributed by atoms with Crippen LogP contribution in [-0.2, 0) is 31.9 Å². The largest absolute Gasteiger partial charge is 0.466 e. The highest BCUT2D eigenvalue weighted by molar-refractivity contribution is 5.77. The molecule has 0 fully saturated rings. The van der Waals surface area contributed by atoms with Gasteiger partial charge in [0, 0.05) is 29.9 Å². The number of aryl methyl sites for hydroxylation is 4. The number of carbonyl (C=O) groups is 2.